The van der Waals surface area contributed by atoms with E-state index in [1.54, 1.807) is 4.72 Å². The number of sulfonamides is 1. The second kappa shape index (κ2) is 7.69. The third kappa shape index (κ3) is 4.79. The molecule has 0 saturated carbocycles. The molecule has 3 N–H and O–H groups in total. The molecule has 0 aliphatic carbocycles. The average Bonchev–Trinajstić information content (AvgIpc) is 2.76. The Hall–Kier alpha value is -3.29. The Bertz CT molecular complexity index is 1180. The Morgan fingerprint density at radius 2 is 1.31 bits per heavy atom. The Labute approximate surface area is 176 Å². The number of benzene rings is 2. The van der Waals surface area contributed by atoms with Gasteiger partial charge in [0.05, 0.1) is 33.1 Å². The van der Waals surface area contributed by atoms with Gasteiger partial charge in [0.25, 0.3) is 10.0 Å². The van der Waals surface area contributed by atoms with Crippen molar-refractivity contribution in [2.24, 2.45) is 5.92 Å². The number of hydrogen-bond donors (Lipinski definition) is 3. The minimum Gasteiger partial charge on any atom is -0.324 e. The Morgan fingerprint density at radius 1 is 0.812 bits per heavy atom. The van der Waals surface area contributed by atoms with Crippen molar-refractivity contribution < 1.29 is 44.3 Å². The number of amides is 2. The molecule has 0 saturated heterocycles. The quantitative estimate of drug-likeness (QED) is 0.455. The van der Waals surface area contributed by atoms with E-state index in [-0.39, 0.29) is 29.6 Å². The van der Waals surface area contributed by atoms with Gasteiger partial charge in [-0.15, -0.1) is 0 Å². The summed E-state index contributed by atoms with van der Waals surface area (Å²) < 4.78 is 105. The zero-order chi connectivity index (χ0) is 24.1. The SMILES string of the molecule is C[C@@H]1C(=O)Nc2ccc(S(=O)(=O)Nc3cc(C(F)(F)F)cc(C(F)(F)F)c3)cc2NC1=O. The fourth-order valence-corrected chi connectivity index (χ4v) is 3.80. The number of fused-ring (bicyclic) bond motifs is 1. The minimum absolute atomic E-state index is 0.0603. The first kappa shape index (κ1) is 23.4. The number of nitrogens with one attached hydrogen (secondary N) is 3. The maximum absolute atomic E-state index is 13.0. The predicted octanol–water partition coefficient (Wildman–Crippen LogP) is 4.05. The molecular formula is C18H13F6N3O4S. The van der Waals surface area contributed by atoms with Gasteiger partial charge < -0.3 is 10.6 Å². The maximum atomic E-state index is 13.0. The van der Waals surface area contributed by atoms with E-state index >= 15 is 0 Å². The summed E-state index contributed by atoms with van der Waals surface area (Å²) in [6, 6.07) is 3.29. The fraction of sp³-hybridized carbons (Fsp3) is 0.222. The lowest BCUT2D eigenvalue weighted by Crippen LogP contribution is -2.28. The summed E-state index contributed by atoms with van der Waals surface area (Å²) >= 11 is 0. The smallest absolute Gasteiger partial charge is 0.324 e. The normalized spacial score (nSPS) is 17.2. The molecule has 2 aromatic rings. The van der Waals surface area contributed by atoms with Gasteiger partial charge in [-0.05, 0) is 43.3 Å². The zero-order valence-corrected chi connectivity index (χ0v) is 16.7. The molecule has 0 bridgehead atoms. The van der Waals surface area contributed by atoms with Gasteiger partial charge in [-0.25, -0.2) is 8.42 Å². The summed E-state index contributed by atoms with van der Waals surface area (Å²) in [6.45, 7) is 1.31. The third-order valence-electron chi connectivity index (χ3n) is 4.44. The van der Waals surface area contributed by atoms with Crippen LogP contribution in [0.4, 0.5) is 43.4 Å². The monoisotopic (exact) mass is 481 g/mol. The first-order valence-corrected chi connectivity index (χ1v) is 10.1. The molecule has 1 aliphatic rings. The number of carbonyl (C=O) groups excluding carboxylic acids is 2. The largest absolute Gasteiger partial charge is 0.416 e. The summed E-state index contributed by atoms with van der Waals surface area (Å²) in [7, 11) is -4.68. The zero-order valence-electron chi connectivity index (χ0n) is 15.9. The van der Waals surface area contributed by atoms with E-state index in [2.05, 4.69) is 10.6 Å². The molecule has 2 amide bonds. The molecule has 0 unspecified atom stereocenters. The second-order valence-electron chi connectivity index (χ2n) is 6.81. The minimum atomic E-state index is -5.16. The molecule has 0 radical (unpaired) electrons. The van der Waals surface area contributed by atoms with E-state index in [1.807, 2.05) is 0 Å². The van der Waals surface area contributed by atoms with Crippen molar-refractivity contribution in [3.63, 3.8) is 0 Å². The lowest BCUT2D eigenvalue weighted by atomic mass is 10.1. The molecule has 0 spiro atoms. The van der Waals surface area contributed by atoms with Crippen LogP contribution in [0.15, 0.2) is 41.3 Å². The van der Waals surface area contributed by atoms with Crippen LogP contribution < -0.4 is 15.4 Å². The van der Waals surface area contributed by atoms with E-state index in [1.165, 1.54) is 6.92 Å². The first-order valence-electron chi connectivity index (χ1n) is 8.66. The van der Waals surface area contributed by atoms with Crippen molar-refractivity contribution in [3.05, 3.63) is 47.5 Å². The topological polar surface area (TPSA) is 104 Å². The summed E-state index contributed by atoms with van der Waals surface area (Å²) in [6.07, 6.45) is -10.3. The highest BCUT2D eigenvalue weighted by molar-refractivity contribution is 7.92. The molecule has 1 aliphatic heterocycles. The number of hydrogen-bond acceptors (Lipinski definition) is 4. The molecule has 32 heavy (non-hydrogen) atoms. The standard InChI is InChI=1S/C18H13F6N3O4S/c1-8-15(28)25-13-3-2-12(7-14(13)26-16(8)29)32(30,31)27-11-5-9(17(19,20)21)4-10(6-11)18(22,23)24/h2-8,27H,1H3,(H,25,28)(H,26,29)/t8-/m1/s1. The fourth-order valence-electron chi connectivity index (χ4n) is 2.73. The van der Waals surface area contributed by atoms with Crippen LogP contribution in [-0.2, 0) is 32.0 Å². The van der Waals surface area contributed by atoms with Crippen molar-refractivity contribution in [3.8, 4) is 0 Å². The summed E-state index contributed by atoms with van der Waals surface area (Å²) in [5.41, 5.74) is -4.42. The van der Waals surface area contributed by atoms with Crippen LogP contribution in [0.3, 0.4) is 0 Å². The Balaban J connectivity index is 2.01. The van der Waals surface area contributed by atoms with Crippen LogP contribution >= 0.6 is 0 Å². The summed E-state index contributed by atoms with van der Waals surface area (Å²) in [5, 5.41) is 4.72. The van der Waals surface area contributed by atoms with Crippen molar-refractivity contribution >= 4 is 38.9 Å². The van der Waals surface area contributed by atoms with Crippen LogP contribution in [-0.4, -0.2) is 20.2 Å². The molecule has 7 nitrogen and oxygen atoms in total. The van der Waals surface area contributed by atoms with Crippen molar-refractivity contribution in [2.45, 2.75) is 24.2 Å². The van der Waals surface area contributed by atoms with E-state index in [9.17, 15) is 44.3 Å². The lowest BCUT2D eigenvalue weighted by Gasteiger charge is -2.16. The highest BCUT2D eigenvalue weighted by atomic mass is 32.2. The number of alkyl halides is 6. The van der Waals surface area contributed by atoms with Gasteiger partial charge in [0.15, 0.2) is 0 Å². The highest BCUT2D eigenvalue weighted by Gasteiger charge is 2.37. The average molecular weight is 481 g/mol. The number of halogens is 6. The first-order chi connectivity index (χ1) is 14.6. The van der Waals surface area contributed by atoms with Gasteiger partial charge in [0.1, 0.15) is 5.92 Å². The van der Waals surface area contributed by atoms with Crippen molar-refractivity contribution in [1.29, 1.82) is 0 Å². The van der Waals surface area contributed by atoms with Gasteiger partial charge >= 0.3 is 12.4 Å². The number of anilines is 3. The van der Waals surface area contributed by atoms with Crippen LogP contribution in [0, 0.1) is 5.92 Å². The summed E-state index contributed by atoms with van der Waals surface area (Å²) in [4.78, 5) is 23.2. The number of carbonyl (C=O) groups is 2. The van der Waals surface area contributed by atoms with E-state index in [4.69, 9.17) is 0 Å². The molecule has 0 fully saturated rings. The van der Waals surface area contributed by atoms with Gasteiger partial charge in [-0.2, -0.15) is 26.3 Å². The third-order valence-corrected chi connectivity index (χ3v) is 5.82. The van der Waals surface area contributed by atoms with Crippen LogP contribution in [0.1, 0.15) is 18.1 Å². The highest BCUT2D eigenvalue weighted by Crippen LogP contribution is 2.38. The van der Waals surface area contributed by atoms with Gasteiger partial charge in [0.2, 0.25) is 11.8 Å². The molecular weight excluding hydrogens is 468 g/mol. The molecule has 14 heteroatoms. The van der Waals surface area contributed by atoms with Crippen molar-refractivity contribution in [2.75, 3.05) is 15.4 Å². The van der Waals surface area contributed by atoms with E-state index < -0.39 is 61.8 Å². The van der Waals surface area contributed by atoms with Gasteiger partial charge in [0, 0.05) is 0 Å². The lowest BCUT2D eigenvalue weighted by molar-refractivity contribution is -0.143. The second-order valence-corrected chi connectivity index (χ2v) is 8.49. The predicted molar refractivity (Wildman–Crippen MR) is 100 cm³/mol. The molecule has 3 rings (SSSR count). The summed E-state index contributed by atoms with van der Waals surface area (Å²) in [5.74, 6) is -2.48. The van der Waals surface area contributed by atoms with Crippen LogP contribution in [0.25, 0.3) is 0 Å². The van der Waals surface area contributed by atoms with Gasteiger partial charge in [-0.1, -0.05) is 0 Å². The van der Waals surface area contributed by atoms with Gasteiger partial charge in [-0.3, -0.25) is 14.3 Å². The molecule has 1 heterocycles. The maximum Gasteiger partial charge on any atom is 0.416 e. The Morgan fingerprint density at radius 3 is 1.81 bits per heavy atom. The molecule has 172 valence electrons. The van der Waals surface area contributed by atoms with Crippen LogP contribution in [0.2, 0.25) is 0 Å². The molecule has 0 aromatic heterocycles. The molecule has 2 aromatic carbocycles. The number of rotatable bonds is 3. The molecule has 1 atom stereocenters. The van der Waals surface area contributed by atoms with E-state index in [0.717, 1.165) is 18.2 Å². The van der Waals surface area contributed by atoms with Crippen LogP contribution in [0.5, 0.6) is 0 Å². The van der Waals surface area contributed by atoms with Crippen molar-refractivity contribution in [1.82, 2.24) is 0 Å². The Kier molecular flexibility index (Phi) is 5.62. The van der Waals surface area contributed by atoms with E-state index in [0.29, 0.717) is 0 Å².